The highest BCUT2D eigenvalue weighted by atomic mass is 32.2. The summed E-state index contributed by atoms with van der Waals surface area (Å²) in [5.74, 6) is 2.81. The quantitative estimate of drug-likeness (QED) is 0.649. The summed E-state index contributed by atoms with van der Waals surface area (Å²) in [6.45, 7) is 5.28. The van der Waals surface area contributed by atoms with Gasteiger partial charge in [0.2, 0.25) is 5.82 Å². The Morgan fingerprint density at radius 2 is 2.28 bits per heavy atom. The van der Waals surface area contributed by atoms with Gasteiger partial charge in [-0.15, -0.1) is 5.10 Å². The molecule has 1 aliphatic rings. The van der Waals surface area contributed by atoms with Gasteiger partial charge in [0.1, 0.15) is 13.1 Å². The van der Waals surface area contributed by atoms with Gasteiger partial charge in [-0.1, -0.05) is 0 Å². The molecule has 0 saturated carbocycles. The second kappa shape index (κ2) is 6.69. The fraction of sp³-hybridized carbons (Fsp3) is 0.800. The zero-order valence-electron chi connectivity index (χ0n) is 10.5. The minimum absolute atomic E-state index is 0.0954. The molecule has 0 spiro atoms. The minimum atomic E-state index is -0.296. The Bertz CT molecular complexity index is 391. The number of esters is 1. The third-order valence-electron chi connectivity index (χ3n) is 2.80. The molecule has 1 aromatic heterocycles. The monoisotopic (exact) mass is 272 g/mol. The summed E-state index contributed by atoms with van der Waals surface area (Å²) in [7, 11) is 0. The van der Waals surface area contributed by atoms with Crippen molar-refractivity contribution in [3.05, 3.63) is 5.82 Å². The molecular weight excluding hydrogens is 254 g/mol. The molecule has 8 heteroatoms. The molecule has 1 fully saturated rings. The summed E-state index contributed by atoms with van der Waals surface area (Å²) in [6, 6.07) is 0. The Kier molecular flexibility index (Phi) is 4.94. The lowest BCUT2D eigenvalue weighted by Gasteiger charge is -2.22. The molecule has 1 saturated heterocycles. The number of nitrogens with one attached hydrogen (secondary N) is 1. The lowest BCUT2D eigenvalue weighted by Crippen LogP contribution is -3.12. The fourth-order valence-corrected chi connectivity index (χ4v) is 2.93. The molecule has 0 atom stereocenters. The van der Waals surface area contributed by atoms with Crippen molar-refractivity contribution in [2.75, 3.05) is 31.2 Å². The number of rotatable bonds is 5. The average molecular weight is 272 g/mol. The second-order valence-corrected chi connectivity index (χ2v) is 5.32. The third kappa shape index (κ3) is 3.67. The van der Waals surface area contributed by atoms with Gasteiger partial charge >= 0.3 is 5.97 Å². The standard InChI is InChI=1S/C10H17N5O2S/c1-2-17-10(16)8-15-9(11-12-13-15)7-14-3-5-18-6-4-14/h2-8H2,1H3/p+1. The molecule has 2 heterocycles. The molecule has 1 aromatic rings. The van der Waals surface area contributed by atoms with Crippen molar-refractivity contribution in [2.24, 2.45) is 0 Å². The first-order valence-electron chi connectivity index (χ1n) is 6.11. The maximum atomic E-state index is 11.4. The van der Waals surface area contributed by atoms with Gasteiger partial charge in [0.05, 0.1) is 19.7 Å². The van der Waals surface area contributed by atoms with E-state index >= 15 is 0 Å². The number of ether oxygens (including phenoxy) is 1. The van der Waals surface area contributed by atoms with E-state index in [0.717, 1.165) is 25.5 Å². The van der Waals surface area contributed by atoms with E-state index in [1.54, 1.807) is 6.92 Å². The van der Waals surface area contributed by atoms with Crippen LogP contribution in [0, 0.1) is 0 Å². The van der Waals surface area contributed by atoms with E-state index in [1.165, 1.54) is 21.1 Å². The number of hydrogen-bond donors (Lipinski definition) is 1. The van der Waals surface area contributed by atoms with E-state index in [9.17, 15) is 4.79 Å². The van der Waals surface area contributed by atoms with Crippen LogP contribution in [0.4, 0.5) is 0 Å². The number of tetrazole rings is 1. The van der Waals surface area contributed by atoms with Crippen molar-refractivity contribution in [1.82, 2.24) is 20.2 Å². The summed E-state index contributed by atoms with van der Waals surface area (Å²) in [6.07, 6.45) is 0. The molecule has 0 aromatic carbocycles. The van der Waals surface area contributed by atoms with E-state index in [0.29, 0.717) is 6.61 Å². The molecule has 0 radical (unpaired) electrons. The van der Waals surface area contributed by atoms with Gasteiger partial charge in [-0.25, -0.2) is 4.68 Å². The van der Waals surface area contributed by atoms with E-state index in [-0.39, 0.29) is 12.5 Å². The average Bonchev–Trinajstić information content (AvgIpc) is 2.78. The van der Waals surface area contributed by atoms with Crippen molar-refractivity contribution >= 4 is 17.7 Å². The van der Waals surface area contributed by atoms with Crippen molar-refractivity contribution in [3.63, 3.8) is 0 Å². The number of aromatic nitrogens is 4. The number of nitrogens with zero attached hydrogens (tertiary/aromatic N) is 4. The molecule has 1 aliphatic heterocycles. The molecule has 18 heavy (non-hydrogen) atoms. The predicted molar refractivity (Wildman–Crippen MR) is 66.2 cm³/mol. The first-order chi connectivity index (χ1) is 8.79. The Morgan fingerprint density at radius 1 is 1.50 bits per heavy atom. The topological polar surface area (TPSA) is 74.3 Å². The molecule has 0 aliphatic carbocycles. The van der Waals surface area contributed by atoms with Crippen molar-refractivity contribution in [2.45, 2.75) is 20.0 Å². The maximum absolute atomic E-state index is 11.4. The van der Waals surface area contributed by atoms with Crippen LogP contribution in [0.3, 0.4) is 0 Å². The van der Waals surface area contributed by atoms with Crippen LogP contribution in [-0.2, 0) is 22.6 Å². The predicted octanol–water partition coefficient (Wildman–Crippen LogP) is -1.63. The van der Waals surface area contributed by atoms with Crippen LogP contribution in [0.1, 0.15) is 12.7 Å². The van der Waals surface area contributed by atoms with Crippen LogP contribution >= 0.6 is 11.8 Å². The van der Waals surface area contributed by atoms with Gasteiger partial charge in [-0.2, -0.15) is 11.8 Å². The number of carbonyl (C=O) groups is 1. The molecule has 0 unspecified atom stereocenters. The molecule has 0 bridgehead atoms. The van der Waals surface area contributed by atoms with Gasteiger partial charge in [0, 0.05) is 11.5 Å². The fourth-order valence-electron chi connectivity index (χ4n) is 1.86. The lowest BCUT2D eigenvalue weighted by atomic mass is 10.4. The van der Waals surface area contributed by atoms with Crippen molar-refractivity contribution in [3.8, 4) is 0 Å². The summed E-state index contributed by atoms with van der Waals surface area (Å²) in [5, 5.41) is 11.5. The third-order valence-corrected chi connectivity index (χ3v) is 3.78. The zero-order chi connectivity index (χ0) is 12.8. The Hall–Kier alpha value is -1.15. The van der Waals surface area contributed by atoms with E-state index < -0.39 is 0 Å². The maximum Gasteiger partial charge on any atom is 0.327 e. The first kappa shape index (κ1) is 13.3. The van der Waals surface area contributed by atoms with Crippen molar-refractivity contribution in [1.29, 1.82) is 0 Å². The number of quaternary nitrogens is 1. The Balaban J connectivity index is 1.92. The van der Waals surface area contributed by atoms with Crippen LogP contribution in [0.15, 0.2) is 0 Å². The number of hydrogen-bond acceptors (Lipinski definition) is 6. The summed E-state index contributed by atoms with van der Waals surface area (Å²) in [4.78, 5) is 12.9. The van der Waals surface area contributed by atoms with Crippen LogP contribution in [0.2, 0.25) is 0 Å². The summed E-state index contributed by atoms with van der Waals surface area (Å²) < 4.78 is 6.43. The van der Waals surface area contributed by atoms with Crippen molar-refractivity contribution < 1.29 is 14.4 Å². The largest absolute Gasteiger partial charge is 0.465 e. The molecule has 0 amide bonds. The number of thioether (sulfide) groups is 1. The zero-order valence-corrected chi connectivity index (χ0v) is 11.3. The molecule has 1 N–H and O–H groups in total. The summed E-state index contributed by atoms with van der Waals surface area (Å²) >= 11 is 1.98. The van der Waals surface area contributed by atoms with Gasteiger partial charge < -0.3 is 9.64 Å². The molecule has 100 valence electrons. The molecule has 7 nitrogen and oxygen atoms in total. The Labute approximate surface area is 110 Å². The van der Waals surface area contributed by atoms with E-state index in [2.05, 4.69) is 15.5 Å². The highest BCUT2D eigenvalue weighted by Gasteiger charge is 2.19. The van der Waals surface area contributed by atoms with Gasteiger partial charge in [0.25, 0.3) is 0 Å². The minimum Gasteiger partial charge on any atom is -0.465 e. The smallest absolute Gasteiger partial charge is 0.327 e. The van der Waals surface area contributed by atoms with Crippen LogP contribution in [0.25, 0.3) is 0 Å². The van der Waals surface area contributed by atoms with Gasteiger partial charge in [0.15, 0.2) is 0 Å². The summed E-state index contributed by atoms with van der Waals surface area (Å²) in [5.41, 5.74) is 0. The van der Waals surface area contributed by atoms with Crippen LogP contribution < -0.4 is 4.90 Å². The normalized spacial score (nSPS) is 16.7. The number of carbonyl (C=O) groups excluding carboxylic acids is 1. The molecular formula is C10H18N5O2S+. The highest BCUT2D eigenvalue weighted by Crippen LogP contribution is 1.99. The van der Waals surface area contributed by atoms with Crippen LogP contribution in [-0.4, -0.2) is 57.4 Å². The van der Waals surface area contributed by atoms with E-state index in [1.807, 2.05) is 11.8 Å². The molecule has 2 rings (SSSR count). The lowest BCUT2D eigenvalue weighted by molar-refractivity contribution is -0.910. The SMILES string of the molecule is CCOC(=O)Cn1nnnc1C[NH+]1CCSCC1. The van der Waals surface area contributed by atoms with Gasteiger partial charge in [-0.3, -0.25) is 4.79 Å². The first-order valence-corrected chi connectivity index (χ1v) is 7.27. The highest BCUT2D eigenvalue weighted by molar-refractivity contribution is 7.99. The Morgan fingerprint density at radius 3 is 3.00 bits per heavy atom. The van der Waals surface area contributed by atoms with E-state index in [4.69, 9.17) is 4.74 Å². The van der Waals surface area contributed by atoms with Gasteiger partial charge in [-0.05, 0) is 17.4 Å². The second-order valence-electron chi connectivity index (χ2n) is 4.10. The van der Waals surface area contributed by atoms with Crippen LogP contribution in [0.5, 0.6) is 0 Å².